The maximum Gasteiger partial charge on any atom is 0.330 e. The number of ether oxygens (including phenoxy) is 2. The highest BCUT2D eigenvalue weighted by Crippen LogP contribution is 2.27. The van der Waals surface area contributed by atoms with Gasteiger partial charge >= 0.3 is 5.97 Å². The number of fused-ring (bicyclic) bond motifs is 1. The van der Waals surface area contributed by atoms with Crippen molar-refractivity contribution in [3.05, 3.63) is 66.5 Å². The van der Waals surface area contributed by atoms with Gasteiger partial charge in [-0.25, -0.2) is 14.8 Å². The van der Waals surface area contributed by atoms with E-state index in [2.05, 4.69) is 14.7 Å². The summed E-state index contributed by atoms with van der Waals surface area (Å²) < 4.78 is 10.4. The average Bonchev–Trinajstić information content (AvgIpc) is 2.61. The van der Waals surface area contributed by atoms with Gasteiger partial charge in [-0.05, 0) is 35.9 Å². The third-order valence-electron chi connectivity index (χ3n) is 3.19. The van der Waals surface area contributed by atoms with Crippen LogP contribution in [0.1, 0.15) is 5.56 Å². The number of hydrogen-bond donors (Lipinski definition) is 0. The first-order valence-corrected chi connectivity index (χ1v) is 7.00. The first-order chi connectivity index (χ1) is 11.3. The Bertz CT molecular complexity index is 861. The Hall–Kier alpha value is -3.21. The van der Waals surface area contributed by atoms with Gasteiger partial charge in [-0.15, -0.1) is 0 Å². The molecule has 0 amide bonds. The van der Waals surface area contributed by atoms with E-state index < -0.39 is 5.97 Å². The monoisotopic (exact) mass is 306 g/mol. The van der Waals surface area contributed by atoms with Crippen molar-refractivity contribution < 1.29 is 14.3 Å². The fraction of sp³-hybridized carbons (Fsp3) is 0.0556. The molecule has 3 rings (SSSR count). The van der Waals surface area contributed by atoms with Crippen LogP contribution in [0.25, 0.3) is 17.0 Å². The molecule has 0 saturated carbocycles. The Morgan fingerprint density at radius 2 is 1.91 bits per heavy atom. The van der Waals surface area contributed by atoms with E-state index in [1.807, 2.05) is 48.5 Å². The van der Waals surface area contributed by atoms with Gasteiger partial charge in [-0.2, -0.15) is 0 Å². The van der Waals surface area contributed by atoms with Crippen LogP contribution >= 0.6 is 0 Å². The fourth-order valence-corrected chi connectivity index (χ4v) is 2.07. The number of hydrogen-bond acceptors (Lipinski definition) is 5. The fourth-order valence-electron chi connectivity index (χ4n) is 2.07. The molecule has 1 heterocycles. The van der Waals surface area contributed by atoms with Crippen molar-refractivity contribution >= 4 is 22.9 Å². The highest BCUT2D eigenvalue weighted by atomic mass is 16.5. The maximum absolute atomic E-state index is 11.2. The van der Waals surface area contributed by atoms with Gasteiger partial charge in [-0.1, -0.05) is 24.3 Å². The summed E-state index contributed by atoms with van der Waals surface area (Å²) in [6.07, 6.45) is 4.50. The van der Waals surface area contributed by atoms with Crippen molar-refractivity contribution in [2.24, 2.45) is 0 Å². The minimum atomic E-state index is -0.407. The van der Waals surface area contributed by atoms with Crippen LogP contribution in [0.2, 0.25) is 0 Å². The summed E-state index contributed by atoms with van der Waals surface area (Å²) in [5.74, 6) is 0.757. The molecule has 0 spiro atoms. The summed E-state index contributed by atoms with van der Waals surface area (Å²) in [6.45, 7) is 0. The van der Waals surface area contributed by atoms with E-state index >= 15 is 0 Å². The van der Waals surface area contributed by atoms with Gasteiger partial charge in [0.1, 0.15) is 12.1 Å². The van der Waals surface area contributed by atoms with Crippen molar-refractivity contribution in [1.82, 2.24) is 9.97 Å². The Morgan fingerprint density at radius 3 is 2.70 bits per heavy atom. The Labute approximate surface area is 133 Å². The number of methoxy groups -OCH3 is 1. The van der Waals surface area contributed by atoms with Crippen LogP contribution in [-0.2, 0) is 9.53 Å². The molecule has 0 N–H and O–H groups in total. The number of carbonyl (C=O) groups excluding carboxylic acids is 1. The zero-order valence-corrected chi connectivity index (χ0v) is 12.5. The third kappa shape index (κ3) is 3.52. The third-order valence-corrected chi connectivity index (χ3v) is 3.19. The highest BCUT2D eigenvalue weighted by Gasteiger charge is 2.06. The van der Waals surface area contributed by atoms with E-state index in [1.165, 1.54) is 19.5 Å². The zero-order chi connectivity index (χ0) is 16.1. The molecule has 0 unspecified atom stereocenters. The molecule has 1 aromatic heterocycles. The van der Waals surface area contributed by atoms with Crippen molar-refractivity contribution in [3.63, 3.8) is 0 Å². The maximum atomic E-state index is 11.2. The summed E-state index contributed by atoms with van der Waals surface area (Å²) >= 11 is 0. The number of esters is 1. The SMILES string of the molecule is COC(=O)/C=C/c1ccc2ncnc(Oc3ccccc3)c2c1. The molecule has 5 heteroatoms. The molecule has 3 aromatic rings. The predicted octanol–water partition coefficient (Wildman–Crippen LogP) is 3.61. The molecule has 5 nitrogen and oxygen atoms in total. The molecule has 0 bridgehead atoms. The predicted molar refractivity (Wildman–Crippen MR) is 87.1 cm³/mol. The number of carbonyl (C=O) groups is 1. The second-order valence-corrected chi connectivity index (χ2v) is 4.73. The second-order valence-electron chi connectivity index (χ2n) is 4.73. The number of benzene rings is 2. The van der Waals surface area contributed by atoms with Crippen LogP contribution in [0.15, 0.2) is 60.9 Å². The molecule has 0 radical (unpaired) electrons. The van der Waals surface area contributed by atoms with Gasteiger partial charge in [0.2, 0.25) is 5.88 Å². The van der Waals surface area contributed by atoms with Crippen LogP contribution in [-0.4, -0.2) is 23.0 Å². The molecule has 0 saturated heterocycles. The number of nitrogens with zero attached hydrogens (tertiary/aromatic N) is 2. The zero-order valence-electron chi connectivity index (χ0n) is 12.5. The first kappa shape index (κ1) is 14.7. The number of aromatic nitrogens is 2. The van der Waals surface area contributed by atoms with Crippen LogP contribution < -0.4 is 4.74 Å². The molecule has 0 fully saturated rings. The topological polar surface area (TPSA) is 61.3 Å². The highest BCUT2D eigenvalue weighted by molar-refractivity contribution is 5.90. The summed E-state index contributed by atoms with van der Waals surface area (Å²) in [6, 6.07) is 15.0. The van der Waals surface area contributed by atoms with Gasteiger partial charge in [0, 0.05) is 6.08 Å². The van der Waals surface area contributed by atoms with E-state index in [4.69, 9.17) is 4.74 Å². The average molecular weight is 306 g/mol. The Morgan fingerprint density at radius 1 is 1.09 bits per heavy atom. The molecule has 0 atom stereocenters. The standard InChI is InChI=1S/C18H14N2O3/c1-22-17(21)10-8-13-7-9-16-15(11-13)18(20-12-19-16)23-14-5-3-2-4-6-14/h2-12H,1H3/b10-8+. The van der Waals surface area contributed by atoms with E-state index in [1.54, 1.807) is 6.08 Å². The van der Waals surface area contributed by atoms with E-state index in [0.717, 1.165) is 16.5 Å². The lowest BCUT2D eigenvalue weighted by Gasteiger charge is -2.07. The minimum absolute atomic E-state index is 0.407. The van der Waals surface area contributed by atoms with Crippen molar-refractivity contribution in [3.8, 4) is 11.6 Å². The number of para-hydroxylation sites is 1. The summed E-state index contributed by atoms with van der Waals surface area (Å²) in [5, 5.41) is 0.767. The smallest absolute Gasteiger partial charge is 0.330 e. The first-order valence-electron chi connectivity index (χ1n) is 7.00. The van der Waals surface area contributed by atoms with Gasteiger partial charge in [0.15, 0.2) is 0 Å². The van der Waals surface area contributed by atoms with Gasteiger partial charge in [0.25, 0.3) is 0 Å². The minimum Gasteiger partial charge on any atom is -0.466 e. The molecular weight excluding hydrogens is 292 g/mol. The van der Waals surface area contributed by atoms with Crippen LogP contribution in [0, 0.1) is 0 Å². The van der Waals surface area contributed by atoms with Gasteiger partial charge < -0.3 is 9.47 Å². The molecule has 0 aliphatic heterocycles. The summed E-state index contributed by atoms with van der Waals surface area (Å²) in [7, 11) is 1.34. The lowest BCUT2D eigenvalue weighted by Crippen LogP contribution is -1.94. The van der Waals surface area contributed by atoms with E-state index in [9.17, 15) is 4.79 Å². The van der Waals surface area contributed by atoms with Crippen LogP contribution in [0.5, 0.6) is 11.6 Å². The molecule has 2 aromatic carbocycles. The summed E-state index contributed by atoms with van der Waals surface area (Å²) in [5.41, 5.74) is 1.59. The lowest BCUT2D eigenvalue weighted by atomic mass is 10.1. The van der Waals surface area contributed by atoms with Gasteiger partial charge in [0.05, 0.1) is 18.0 Å². The van der Waals surface area contributed by atoms with Crippen LogP contribution in [0.4, 0.5) is 0 Å². The van der Waals surface area contributed by atoms with Gasteiger partial charge in [-0.3, -0.25) is 0 Å². The Kier molecular flexibility index (Phi) is 4.29. The molecule has 0 aliphatic carbocycles. The molecule has 0 aliphatic rings. The Balaban J connectivity index is 1.98. The largest absolute Gasteiger partial charge is 0.466 e. The normalized spacial score (nSPS) is 10.8. The van der Waals surface area contributed by atoms with Crippen molar-refractivity contribution in [1.29, 1.82) is 0 Å². The molecular formula is C18H14N2O3. The number of rotatable bonds is 4. The van der Waals surface area contributed by atoms with E-state index in [0.29, 0.717) is 11.6 Å². The molecule has 23 heavy (non-hydrogen) atoms. The molecule has 114 valence electrons. The quantitative estimate of drug-likeness (QED) is 0.544. The van der Waals surface area contributed by atoms with E-state index in [-0.39, 0.29) is 0 Å². The second kappa shape index (κ2) is 6.70. The summed E-state index contributed by atoms with van der Waals surface area (Å²) in [4.78, 5) is 19.6. The lowest BCUT2D eigenvalue weighted by molar-refractivity contribution is -0.134. The van der Waals surface area contributed by atoms with Crippen molar-refractivity contribution in [2.75, 3.05) is 7.11 Å². The van der Waals surface area contributed by atoms with Crippen LogP contribution in [0.3, 0.4) is 0 Å². The van der Waals surface area contributed by atoms with Crippen molar-refractivity contribution in [2.45, 2.75) is 0 Å².